The number of aromatic amines is 1. The average Bonchev–Trinajstić information content (AvgIpc) is 2.56. The van der Waals surface area contributed by atoms with Crippen LogP contribution in [0.25, 0.3) is 10.9 Å². The van der Waals surface area contributed by atoms with Crippen LogP contribution >= 0.6 is 0 Å². The molecule has 0 saturated heterocycles. The van der Waals surface area contributed by atoms with Crippen molar-refractivity contribution in [3.8, 4) is 5.75 Å². The number of amides is 1. The molecule has 6 nitrogen and oxygen atoms in total. The summed E-state index contributed by atoms with van der Waals surface area (Å²) < 4.78 is 18.7. The lowest BCUT2D eigenvalue weighted by Gasteiger charge is -2.29. The number of fused-ring (bicyclic) bond motifs is 1. The normalized spacial score (nSPS) is 20.4. The molecule has 0 radical (unpaired) electrons. The van der Waals surface area contributed by atoms with Crippen molar-refractivity contribution in [2.75, 3.05) is 7.11 Å². The number of hydrogen-bond acceptors (Lipinski definition) is 4. The Morgan fingerprint density at radius 2 is 2.16 bits per heavy atom. The molecule has 1 fully saturated rings. The maximum absolute atomic E-state index is 13.8. The van der Waals surface area contributed by atoms with Crippen molar-refractivity contribution in [2.24, 2.45) is 5.92 Å². The van der Waals surface area contributed by atoms with Gasteiger partial charge in [0.15, 0.2) is 11.6 Å². The van der Waals surface area contributed by atoms with Gasteiger partial charge in [-0.05, 0) is 24.8 Å². The van der Waals surface area contributed by atoms with Crippen molar-refractivity contribution in [1.29, 1.82) is 0 Å². The third-order valence-corrected chi connectivity index (χ3v) is 4.81. The summed E-state index contributed by atoms with van der Waals surface area (Å²) in [6, 6.07) is 2.62. The molecule has 0 spiro atoms. The van der Waals surface area contributed by atoms with E-state index in [9.17, 15) is 14.0 Å². The summed E-state index contributed by atoms with van der Waals surface area (Å²) in [7, 11) is 1.33. The highest BCUT2D eigenvalue weighted by Gasteiger charge is 2.23. The number of nitrogens with zero attached hydrogens (tertiary/aromatic N) is 1. The van der Waals surface area contributed by atoms with Crippen molar-refractivity contribution in [3.63, 3.8) is 0 Å². The highest BCUT2D eigenvalue weighted by molar-refractivity contribution is 5.81. The molecular formula is C18H22FN3O3. The summed E-state index contributed by atoms with van der Waals surface area (Å²) in [5.41, 5.74) is -0.215. The molecule has 2 aromatic rings. The molecule has 1 heterocycles. The summed E-state index contributed by atoms with van der Waals surface area (Å²) in [6.07, 6.45) is 4.35. The van der Waals surface area contributed by atoms with Gasteiger partial charge in [0.1, 0.15) is 5.82 Å². The molecule has 1 amide bonds. The zero-order valence-corrected chi connectivity index (χ0v) is 14.4. The standard InChI is InChI=1S/C18H22FN3O3/c1-10-5-3-4-6-13(10)21-17(23)9-16-20-14-8-12(19)15(25-2)7-11(14)18(24)22-16/h7-8,10,13H,3-6,9H2,1-2H3,(H,21,23)(H,20,22,24). The van der Waals surface area contributed by atoms with Crippen LogP contribution in [0.1, 0.15) is 38.4 Å². The topological polar surface area (TPSA) is 84.1 Å². The zero-order chi connectivity index (χ0) is 18.0. The van der Waals surface area contributed by atoms with Crippen LogP contribution in [-0.4, -0.2) is 29.0 Å². The highest BCUT2D eigenvalue weighted by Crippen LogP contribution is 2.24. The first kappa shape index (κ1) is 17.4. The number of methoxy groups -OCH3 is 1. The molecule has 7 heteroatoms. The fourth-order valence-electron chi connectivity index (χ4n) is 3.37. The van der Waals surface area contributed by atoms with Crippen LogP contribution in [0.5, 0.6) is 5.75 Å². The SMILES string of the molecule is COc1cc2c(=O)[nH]c(CC(=O)NC3CCCCC3C)nc2cc1F. The van der Waals surface area contributed by atoms with Crippen LogP contribution in [0, 0.1) is 11.7 Å². The smallest absolute Gasteiger partial charge is 0.258 e. The summed E-state index contributed by atoms with van der Waals surface area (Å²) >= 11 is 0. The molecule has 1 aliphatic rings. The number of benzene rings is 1. The van der Waals surface area contributed by atoms with E-state index in [1.165, 1.54) is 19.6 Å². The number of H-pyrrole nitrogens is 1. The van der Waals surface area contributed by atoms with Gasteiger partial charge in [-0.25, -0.2) is 9.37 Å². The Hall–Kier alpha value is -2.44. The van der Waals surface area contributed by atoms with Crippen LogP contribution in [0.2, 0.25) is 0 Å². The minimum atomic E-state index is -0.598. The second-order valence-electron chi connectivity index (χ2n) is 6.63. The number of nitrogens with one attached hydrogen (secondary N) is 2. The van der Waals surface area contributed by atoms with Gasteiger partial charge in [-0.15, -0.1) is 0 Å². The van der Waals surface area contributed by atoms with E-state index < -0.39 is 11.4 Å². The lowest BCUT2D eigenvalue weighted by Crippen LogP contribution is -2.42. The molecule has 3 rings (SSSR count). The van der Waals surface area contributed by atoms with Crippen molar-refractivity contribution >= 4 is 16.8 Å². The monoisotopic (exact) mass is 347 g/mol. The van der Waals surface area contributed by atoms with E-state index in [1.54, 1.807) is 0 Å². The quantitative estimate of drug-likeness (QED) is 0.889. The van der Waals surface area contributed by atoms with Crippen LogP contribution < -0.4 is 15.6 Å². The Labute approximate surface area is 144 Å². The van der Waals surface area contributed by atoms with E-state index in [0.29, 0.717) is 5.92 Å². The Kier molecular flexibility index (Phi) is 5.01. The average molecular weight is 347 g/mol. The van der Waals surface area contributed by atoms with E-state index in [0.717, 1.165) is 25.3 Å². The number of rotatable bonds is 4. The fraction of sp³-hybridized carbons (Fsp3) is 0.500. The Morgan fingerprint density at radius 1 is 1.40 bits per heavy atom. The van der Waals surface area contributed by atoms with E-state index in [2.05, 4.69) is 22.2 Å². The van der Waals surface area contributed by atoms with Crippen LogP contribution in [0.15, 0.2) is 16.9 Å². The minimum absolute atomic E-state index is 0.0171. The van der Waals surface area contributed by atoms with E-state index in [4.69, 9.17) is 4.74 Å². The molecule has 0 bridgehead atoms. The molecular weight excluding hydrogens is 325 g/mol. The zero-order valence-electron chi connectivity index (χ0n) is 14.4. The summed E-state index contributed by atoms with van der Waals surface area (Å²) in [5, 5.41) is 3.24. The second-order valence-corrected chi connectivity index (χ2v) is 6.63. The molecule has 25 heavy (non-hydrogen) atoms. The first-order valence-electron chi connectivity index (χ1n) is 8.53. The molecule has 134 valence electrons. The largest absolute Gasteiger partial charge is 0.494 e. The number of hydrogen-bond donors (Lipinski definition) is 2. The third kappa shape index (κ3) is 3.81. The molecule has 2 unspecified atom stereocenters. The van der Waals surface area contributed by atoms with Gasteiger partial charge in [-0.2, -0.15) is 0 Å². The lowest BCUT2D eigenvalue weighted by molar-refractivity contribution is -0.121. The number of ether oxygens (including phenoxy) is 1. The predicted octanol–water partition coefficient (Wildman–Crippen LogP) is 2.31. The fourth-order valence-corrected chi connectivity index (χ4v) is 3.37. The summed E-state index contributed by atoms with van der Waals surface area (Å²) in [5.74, 6) is -0.128. The summed E-state index contributed by atoms with van der Waals surface area (Å²) in [6.45, 7) is 2.14. The number of halogens is 1. The molecule has 1 saturated carbocycles. The van der Waals surface area contributed by atoms with Gasteiger partial charge in [0, 0.05) is 12.1 Å². The first-order valence-corrected chi connectivity index (χ1v) is 8.53. The van der Waals surface area contributed by atoms with Crippen molar-refractivity contribution < 1.29 is 13.9 Å². The van der Waals surface area contributed by atoms with Gasteiger partial charge >= 0.3 is 0 Å². The van der Waals surface area contributed by atoms with Gasteiger partial charge in [-0.1, -0.05) is 19.8 Å². The number of aromatic nitrogens is 2. The molecule has 1 aliphatic carbocycles. The minimum Gasteiger partial charge on any atom is -0.494 e. The number of carbonyl (C=O) groups is 1. The molecule has 0 aliphatic heterocycles. The maximum atomic E-state index is 13.8. The highest BCUT2D eigenvalue weighted by atomic mass is 19.1. The van der Waals surface area contributed by atoms with Gasteiger partial charge in [0.25, 0.3) is 5.56 Å². The van der Waals surface area contributed by atoms with Gasteiger partial charge < -0.3 is 15.0 Å². The van der Waals surface area contributed by atoms with Crippen molar-refractivity contribution in [1.82, 2.24) is 15.3 Å². The first-order chi connectivity index (χ1) is 12.0. The van der Waals surface area contributed by atoms with Crippen molar-refractivity contribution in [3.05, 3.63) is 34.1 Å². The Morgan fingerprint density at radius 3 is 2.88 bits per heavy atom. The van der Waals surface area contributed by atoms with E-state index >= 15 is 0 Å². The molecule has 1 aromatic carbocycles. The third-order valence-electron chi connectivity index (χ3n) is 4.81. The molecule has 1 aromatic heterocycles. The second kappa shape index (κ2) is 7.21. The predicted molar refractivity (Wildman–Crippen MR) is 92.1 cm³/mol. The molecule has 2 N–H and O–H groups in total. The Bertz CT molecular complexity index is 849. The Balaban J connectivity index is 1.79. The van der Waals surface area contributed by atoms with Crippen LogP contribution in [0.3, 0.4) is 0 Å². The van der Waals surface area contributed by atoms with E-state index in [-0.39, 0.29) is 40.8 Å². The maximum Gasteiger partial charge on any atom is 0.258 e. The van der Waals surface area contributed by atoms with Gasteiger partial charge in [0.2, 0.25) is 5.91 Å². The van der Waals surface area contributed by atoms with E-state index in [1.807, 2.05) is 0 Å². The lowest BCUT2D eigenvalue weighted by atomic mass is 9.86. The van der Waals surface area contributed by atoms with Crippen LogP contribution in [0.4, 0.5) is 4.39 Å². The van der Waals surface area contributed by atoms with Gasteiger partial charge in [-0.3, -0.25) is 9.59 Å². The number of carbonyl (C=O) groups excluding carboxylic acids is 1. The molecule has 2 atom stereocenters. The van der Waals surface area contributed by atoms with Gasteiger partial charge in [0.05, 0.1) is 24.4 Å². The summed E-state index contributed by atoms with van der Waals surface area (Å²) in [4.78, 5) is 31.3. The van der Waals surface area contributed by atoms with Crippen molar-refractivity contribution in [2.45, 2.75) is 45.1 Å². The van der Waals surface area contributed by atoms with Crippen LogP contribution in [-0.2, 0) is 11.2 Å².